The Morgan fingerprint density at radius 2 is 0.620 bits per heavy atom. The van der Waals surface area contributed by atoms with Crippen LogP contribution in [0.4, 0.5) is 5.82 Å². The van der Waals surface area contributed by atoms with Crippen LogP contribution in [-0.4, -0.2) is 195 Å². The molecule has 38 heteroatoms. The van der Waals surface area contributed by atoms with E-state index in [-0.39, 0.29) is 68.0 Å². The monoisotopic (exact) mass is 1530 g/mol. The Labute approximate surface area is 600 Å². The van der Waals surface area contributed by atoms with E-state index in [2.05, 4.69) is 24.9 Å². The van der Waals surface area contributed by atoms with Crippen LogP contribution < -0.4 is 56.4 Å². The Hall–Kier alpha value is -5.67. The van der Waals surface area contributed by atoms with Crippen molar-refractivity contribution in [3.63, 3.8) is 0 Å². The van der Waals surface area contributed by atoms with Crippen molar-refractivity contribution in [2.24, 2.45) is 11.8 Å². The van der Waals surface area contributed by atoms with Gasteiger partial charge in [-0.1, -0.05) is 85.6 Å². The molecule has 100 heavy (non-hydrogen) atoms. The van der Waals surface area contributed by atoms with E-state index in [1.165, 1.54) is 64.4 Å². The van der Waals surface area contributed by atoms with Gasteiger partial charge in [0.1, 0.15) is 57.1 Å². The molecule has 0 bridgehead atoms. The quantitative estimate of drug-likeness (QED) is 0.0666. The SMILES string of the molecule is C.C.C.C.C.CCC1(CC)O[C@@H](n2ccc(=O)[nH]c2=O)[C@H](Cl)[C@@H]1O.CC[C@]1(CO)O[C@@H](n2ccc(=O)[nH]c2=O)[C@H](Cl)[C@@H]1C.CC[C@]1(CO)O[C@@H](n2ccc(=O)[nH]c2=O)[C@H](Cl)[C@@H]1O.CC[C@]1(CO)O[C@@H](n2ccc(N)nc2=O)[C@H](Cl)[C@@H]1O.C[C@H]1[C@@H](Cl)[C@H](n2ccc(=O)[nH]c2=O)OC1(CO)CO. The first-order chi connectivity index (χ1) is 44.7. The van der Waals surface area contributed by atoms with Crippen LogP contribution in [0.25, 0.3) is 0 Å². The molecule has 0 saturated carbocycles. The molecule has 0 aromatic carbocycles. The average molecular weight is 1530 g/mol. The number of nitrogens with zero attached hydrogens (tertiary/aromatic N) is 6. The summed E-state index contributed by atoms with van der Waals surface area (Å²) in [4.78, 5) is 115. The molecule has 14 N–H and O–H groups in total. The van der Waals surface area contributed by atoms with Gasteiger partial charge in [0.15, 0.2) is 31.1 Å². The fraction of sp³-hybridized carbons (Fsp3) is 0.677. The summed E-state index contributed by atoms with van der Waals surface area (Å²) in [7, 11) is 0. The number of aromatic nitrogens is 10. The molecule has 10 heterocycles. The fourth-order valence-corrected chi connectivity index (χ4v) is 13.6. The molecular weight excluding hydrogens is 1430 g/mol. The van der Waals surface area contributed by atoms with Gasteiger partial charge in [-0.2, -0.15) is 4.98 Å². The largest absolute Gasteiger partial charge is 0.393 e. The molecule has 5 fully saturated rings. The van der Waals surface area contributed by atoms with Gasteiger partial charge in [-0.15, -0.1) is 58.0 Å². The van der Waals surface area contributed by atoms with E-state index in [4.69, 9.17) is 87.4 Å². The highest BCUT2D eigenvalue weighted by molar-refractivity contribution is 6.22. The number of nitrogens with two attached hydrogens (primary N) is 1. The highest BCUT2D eigenvalue weighted by Crippen LogP contribution is 2.48. The van der Waals surface area contributed by atoms with E-state index >= 15 is 0 Å². The first-order valence-electron chi connectivity index (χ1n) is 30.0. The Morgan fingerprint density at radius 3 is 0.850 bits per heavy atom. The standard InChI is InChI=1S/2C12H17ClN2O4.C11H16ClN3O4.2C11H15ClN2O5.5CH4/c1-3-12(6-16)7(2)9(13)10(19-12)15-5-4-8(17)14-11(15)18;1-3-12(4-2)9(17)8(13)10(19-12)15-6-5-7(16)14-11(15)18;1-2-11(5-16)8(17)7(12)9(19-11)15-4-3-6(13)14-10(15)18;1-6-8(12)9(19-11(6,4-15)5-16)14-3-2-7(17)13-10(14)18;1-2-11(5-15)8(17)7(12)9(19-11)14-4-3-6(16)13-10(14)18;;;;;/h4-5,7,9-10,16H,3,6H2,1-2H3,(H,14,17,18);5-6,8-10,17H,3-4H2,1-2H3,(H,14,16,18);3-4,7-9,16-17H,2,5H2,1H3,(H2,13,14,18);2-3,6,8-9,15-16H,4-5H2,1H3,(H,13,17,18);3-4,7-9,15,17H,2,5H2,1H3,(H,13,16,18);5*1H4/t7-,9+,10+,12+;8-,9+,10-;7-,8+,9-,11-;6-,8+,9+;7-,8+,9-,11-;;;;;/m01101...../s1. The molecule has 0 unspecified atom stereocenters. The highest BCUT2D eigenvalue weighted by atomic mass is 35.5. The Bertz CT molecular complexity index is 3530. The molecule has 0 spiro atoms. The summed E-state index contributed by atoms with van der Waals surface area (Å²) < 4.78 is 34.3. The molecule has 0 aliphatic carbocycles. The maximum Gasteiger partial charge on any atom is 0.351 e. The lowest BCUT2D eigenvalue weighted by molar-refractivity contribution is -0.134. The summed E-state index contributed by atoms with van der Waals surface area (Å²) in [5.74, 6) is -0.393. The van der Waals surface area contributed by atoms with Gasteiger partial charge in [0.2, 0.25) is 0 Å². The smallest absolute Gasteiger partial charge is 0.351 e. The molecule has 5 aromatic rings. The zero-order valence-corrected chi connectivity index (χ0v) is 56.2. The van der Waals surface area contributed by atoms with Crippen molar-refractivity contribution in [3.8, 4) is 0 Å². The van der Waals surface area contributed by atoms with Gasteiger partial charge in [0, 0.05) is 67.1 Å². The first kappa shape index (κ1) is 92.3. The summed E-state index contributed by atoms with van der Waals surface area (Å²) >= 11 is 30.9. The first-order valence-corrected chi connectivity index (χ1v) is 32.2. The second-order valence-corrected chi connectivity index (χ2v) is 25.7. The van der Waals surface area contributed by atoms with Gasteiger partial charge in [0.25, 0.3) is 22.2 Å². The molecule has 5 aromatic heterocycles. The van der Waals surface area contributed by atoms with Crippen molar-refractivity contribution < 1.29 is 64.5 Å². The summed E-state index contributed by atoms with van der Waals surface area (Å²) in [6.07, 6.45) is 1.80. The summed E-state index contributed by atoms with van der Waals surface area (Å²) in [6.45, 7) is 11.0. The van der Waals surface area contributed by atoms with Crippen LogP contribution in [0.2, 0.25) is 0 Å². The van der Waals surface area contributed by atoms with Gasteiger partial charge in [-0.25, -0.2) is 24.0 Å². The summed E-state index contributed by atoms with van der Waals surface area (Å²) in [5.41, 5.74) is -4.80. The maximum atomic E-state index is 11.8. The predicted molar refractivity (Wildman–Crippen MR) is 378 cm³/mol. The number of rotatable bonds is 15. The number of nitrogen functional groups attached to an aromatic ring is 1. The van der Waals surface area contributed by atoms with E-state index in [9.17, 15) is 84.0 Å². The van der Waals surface area contributed by atoms with Crippen LogP contribution in [0.3, 0.4) is 0 Å². The zero-order chi connectivity index (χ0) is 71.0. The van der Waals surface area contributed by atoms with Gasteiger partial charge >= 0.3 is 28.4 Å². The molecule has 5 aliphatic heterocycles. The van der Waals surface area contributed by atoms with Crippen LogP contribution in [0.15, 0.2) is 104 Å². The van der Waals surface area contributed by atoms with Gasteiger partial charge in [-0.3, -0.25) is 61.9 Å². The third kappa shape index (κ3) is 18.4. The number of hydrogen-bond donors (Lipinski definition) is 13. The Morgan fingerprint density at radius 1 is 0.390 bits per heavy atom. The molecule has 10 rings (SSSR count). The van der Waals surface area contributed by atoms with Crippen molar-refractivity contribution in [1.29, 1.82) is 0 Å². The number of nitrogens with one attached hydrogen (secondary N) is 4. The van der Waals surface area contributed by atoms with Crippen LogP contribution in [0, 0.1) is 11.8 Å². The number of halogens is 5. The minimum atomic E-state index is -1.20. The number of anilines is 1. The highest BCUT2D eigenvalue weighted by Gasteiger charge is 2.57. The molecule has 0 radical (unpaired) electrons. The minimum absolute atomic E-state index is 0. The van der Waals surface area contributed by atoms with Crippen molar-refractivity contribution in [2.45, 2.75) is 222 Å². The summed E-state index contributed by atoms with van der Waals surface area (Å²) in [6, 6.07) is 6.23. The van der Waals surface area contributed by atoms with E-state index in [0.29, 0.717) is 32.1 Å². The van der Waals surface area contributed by atoms with Crippen LogP contribution >= 0.6 is 58.0 Å². The Balaban J connectivity index is 0.000000617. The van der Waals surface area contributed by atoms with E-state index in [1.54, 1.807) is 20.8 Å². The number of ether oxygens (including phenoxy) is 5. The lowest BCUT2D eigenvalue weighted by Crippen LogP contribution is -2.44. The normalized spacial score (nSPS) is 31.0. The number of H-pyrrole nitrogens is 4. The third-order valence-corrected chi connectivity index (χ3v) is 20.8. The topological polar surface area (TPSA) is 488 Å². The van der Waals surface area contributed by atoms with Crippen LogP contribution in [0.5, 0.6) is 0 Å². The molecule has 570 valence electrons. The van der Waals surface area contributed by atoms with E-state index in [1.807, 2.05) is 27.7 Å². The molecule has 33 nitrogen and oxygen atoms in total. The Kier molecular flexibility index (Phi) is 35.3. The van der Waals surface area contributed by atoms with Crippen LogP contribution in [0.1, 0.15) is 149 Å². The van der Waals surface area contributed by atoms with Crippen molar-refractivity contribution in [3.05, 3.63) is 155 Å². The zero-order valence-electron chi connectivity index (χ0n) is 52.4. The van der Waals surface area contributed by atoms with Gasteiger partial charge < -0.3 is 70.3 Å². The van der Waals surface area contributed by atoms with Crippen molar-refractivity contribution in [1.82, 2.24) is 47.8 Å². The number of alkyl halides is 5. The molecule has 5 aliphatic rings. The van der Waals surface area contributed by atoms with Crippen LogP contribution in [-0.2, 0) is 23.7 Å². The van der Waals surface area contributed by atoms with Crippen molar-refractivity contribution >= 4 is 63.8 Å². The van der Waals surface area contributed by atoms with E-state index in [0.717, 1.165) is 19.8 Å². The number of aliphatic hydroxyl groups is 8. The predicted octanol–water partition coefficient (Wildman–Crippen LogP) is 1.89. The second kappa shape index (κ2) is 38.2. The third-order valence-electron chi connectivity index (χ3n) is 18.2. The molecule has 5 saturated heterocycles. The minimum Gasteiger partial charge on any atom is -0.393 e. The fourth-order valence-electron chi connectivity index (χ4n) is 11.6. The second-order valence-electron chi connectivity index (χ2n) is 23.2. The molecule has 18 atom stereocenters. The number of hydrogen-bond acceptors (Lipinski definition) is 24. The maximum absolute atomic E-state index is 11.8. The number of aromatic amines is 4. The van der Waals surface area contributed by atoms with Crippen molar-refractivity contribution in [2.75, 3.05) is 38.8 Å². The molecular formula is C62H100Cl5N11O22. The summed E-state index contributed by atoms with van der Waals surface area (Å²) in [5, 5.41) is 74.0. The lowest BCUT2D eigenvalue weighted by atomic mass is 9.87. The van der Waals surface area contributed by atoms with Gasteiger partial charge in [0.05, 0.1) is 55.0 Å². The lowest BCUT2D eigenvalue weighted by Gasteiger charge is -2.29. The number of aliphatic hydroxyl groups excluding tert-OH is 8. The van der Waals surface area contributed by atoms with Gasteiger partial charge in [-0.05, 0) is 38.2 Å². The van der Waals surface area contributed by atoms with E-state index < -0.39 is 175 Å². The average Bonchev–Trinajstić information content (AvgIpc) is 1.65. The molecule has 0 amide bonds.